The average Bonchev–Trinajstić information content (AvgIpc) is 3.54. The lowest BCUT2D eigenvalue weighted by Crippen LogP contribution is -2.51. The third kappa shape index (κ3) is 9.38. The van der Waals surface area contributed by atoms with E-state index in [2.05, 4.69) is 5.32 Å². The van der Waals surface area contributed by atoms with Crippen LogP contribution in [0.3, 0.4) is 0 Å². The highest BCUT2D eigenvalue weighted by Gasteiger charge is 2.44. The first-order chi connectivity index (χ1) is 19.5. The standard InChI is InChI=1S/C27H37N3O7S.C2H6O/c1-18(2)15-30(38(33,34)21-10-8-20(28)9-11-21)16-24(31)23(14-19-6-4-3-5-7-19)29-27(32)37-25-17-36-26-22(25)12-13-35-26;1-2-3/h3-11,18,22-26,31H,12-17,28H2,1-2H3,(H,29,32);3H,2H2,1H3. The first kappa shape index (κ1) is 32.8. The molecule has 41 heavy (non-hydrogen) atoms. The van der Waals surface area contributed by atoms with Crippen molar-refractivity contribution in [3.8, 4) is 0 Å². The van der Waals surface area contributed by atoms with Crippen LogP contribution >= 0.6 is 0 Å². The van der Waals surface area contributed by atoms with Gasteiger partial charge in [0, 0.05) is 25.4 Å². The van der Waals surface area contributed by atoms with E-state index in [1.807, 2.05) is 44.2 Å². The summed E-state index contributed by atoms with van der Waals surface area (Å²) in [7, 11) is -3.93. The summed E-state index contributed by atoms with van der Waals surface area (Å²) in [6, 6.07) is 14.5. The molecule has 2 aromatic rings. The molecule has 2 aliphatic heterocycles. The molecule has 0 aliphatic carbocycles. The molecule has 0 radical (unpaired) electrons. The molecule has 11 nitrogen and oxygen atoms in total. The summed E-state index contributed by atoms with van der Waals surface area (Å²) in [6.45, 7) is 6.51. The molecule has 4 rings (SSSR count). The van der Waals surface area contributed by atoms with Crippen molar-refractivity contribution < 1.29 is 37.6 Å². The van der Waals surface area contributed by atoms with Gasteiger partial charge in [-0.15, -0.1) is 0 Å². The molecule has 5 unspecified atom stereocenters. The molecule has 2 fully saturated rings. The summed E-state index contributed by atoms with van der Waals surface area (Å²) in [5, 5.41) is 21.7. The molecule has 5 N–H and O–H groups in total. The lowest BCUT2D eigenvalue weighted by Gasteiger charge is -2.31. The summed E-state index contributed by atoms with van der Waals surface area (Å²) in [5.74, 6) is -0.0231. The molecule has 0 aromatic heterocycles. The molecule has 1 amide bonds. The predicted octanol–water partition coefficient (Wildman–Crippen LogP) is 2.37. The van der Waals surface area contributed by atoms with Crippen LogP contribution in [-0.2, 0) is 30.7 Å². The van der Waals surface area contributed by atoms with Crippen molar-refractivity contribution in [2.45, 2.75) is 63.0 Å². The third-order valence-electron chi connectivity index (χ3n) is 6.79. The Labute approximate surface area is 242 Å². The van der Waals surface area contributed by atoms with Crippen LogP contribution in [-0.4, -0.2) is 86.5 Å². The molecule has 0 saturated carbocycles. The summed E-state index contributed by atoms with van der Waals surface area (Å²) < 4.78 is 44.9. The second-order valence-corrected chi connectivity index (χ2v) is 12.5. The number of hydrogen-bond donors (Lipinski definition) is 4. The van der Waals surface area contributed by atoms with Gasteiger partial charge in [0.15, 0.2) is 6.29 Å². The lowest BCUT2D eigenvalue weighted by atomic mass is 10.0. The van der Waals surface area contributed by atoms with Crippen molar-refractivity contribution in [1.29, 1.82) is 0 Å². The van der Waals surface area contributed by atoms with Gasteiger partial charge in [0.2, 0.25) is 10.0 Å². The summed E-state index contributed by atoms with van der Waals surface area (Å²) in [5.41, 5.74) is 7.07. The largest absolute Gasteiger partial charge is 0.443 e. The lowest BCUT2D eigenvalue weighted by molar-refractivity contribution is -0.0907. The fourth-order valence-electron chi connectivity index (χ4n) is 4.82. The van der Waals surface area contributed by atoms with E-state index in [0.29, 0.717) is 12.3 Å². The van der Waals surface area contributed by atoms with Gasteiger partial charge < -0.3 is 35.5 Å². The molecule has 12 heteroatoms. The highest BCUT2D eigenvalue weighted by atomic mass is 32.2. The summed E-state index contributed by atoms with van der Waals surface area (Å²) in [6.07, 6.45) is -1.69. The Balaban J connectivity index is 0.00000147. The van der Waals surface area contributed by atoms with Gasteiger partial charge in [0.25, 0.3) is 0 Å². The van der Waals surface area contributed by atoms with Crippen molar-refractivity contribution in [3.05, 3.63) is 60.2 Å². The van der Waals surface area contributed by atoms with Gasteiger partial charge in [0.1, 0.15) is 6.10 Å². The van der Waals surface area contributed by atoms with Crippen LogP contribution in [0.15, 0.2) is 59.5 Å². The molecule has 0 spiro atoms. The molecular formula is C29H43N3O8S. The topological polar surface area (TPSA) is 161 Å². The molecule has 228 valence electrons. The van der Waals surface area contributed by atoms with E-state index in [1.165, 1.54) is 28.6 Å². The first-order valence-corrected chi connectivity index (χ1v) is 15.4. The number of nitrogen functional groups attached to an aromatic ring is 1. The normalized spacial score (nSPS) is 21.6. The minimum Gasteiger partial charge on any atom is -0.443 e. The molecule has 2 heterocycles. The number of anilines is 1. The number of ether oxygens (including phenoxy) is 3. The number of nitrogens with one attached hydrogen (secondary N) is 1. The zero-order valence-corrected chi connectivity index (χ0v) is 24.7. The number of carbonyl (C=O) groups is 1. The maximum absolute atomic E-state index is 13.5. The van der Waals surface area contributed by atoms with Gasteiger partial charge in [0.05, 0.1) is 36.2 Å². The average molecular weight is 594 g/mol. The third-order valence-corrected chi connectivity index (χ3v) is 8.63. The van der Waals surface area contributed by atoms with E-state index in [4.69, 9.17) is 25.1 Å². The van der Waals surface area contributed by atoms with Crippen LogP contribution in [0.5, 0.6) is 0 Å². The Kier molecular flexibility index (Phi) is 12.4. The van der Waals surface area contributed by atoms with Crippen LogP contribution in [0.4, 0.5) is 10.5 Å². The van der Waals surface area contributed by atoms with Gasteiger partial charge in [-0.3, -0.25) is 0 Å². The summed E-state index contributed by atoms with van der Waals surface area (Å²) >= 11 is 0. The number of rotatable bonds is 11. The minimum atomic E-state index is -3.93. The number of alkyl carbamates (subject to hydrolysis) is 1. The quantitative estimate of drug-likeness (QED) is 0.287. The number of sulfonamides is 1. The maximum atomic E-state index is 13.5. The second kappa shape index (κ2) is 15.5. The van der Waals surface area contributed by atoms with Crippen LogP contribution in [0, 0.1) is 11.8 Å². The first-order valence-electron chi connectivity index (χ1n) is 13.9. The fourth-order valence-corrected chi connectivity index (χ4v) is 6.45. The SMILES string of the molecule is CC(C)CN(CC(O)C(Cc1ccccc1)NC(=O)OC1COC2OCCC12)S(=O)(=O)c1ccc(N)cc1.CCO. The molecule has 2 aliphatic rings. The number of aliphatic hydroxyl groups excluding tert-OH is 2. The molecule has 0 bridgehead atoms. The monoisotopic (exact) mass is 593 g/mol. The molecule has 2 saturated heterocycles. The molecular weight excluding hydrogens is 550 g/mol. The number of carbonyl (C=O) groups excluding carboxylic acids is 1. The van der Waals surface area contributed by atoms with Crippen LogP contribution in [0.25, 0.3) is 0 Å². The van der Waals surface area contributed by atoms with E-state index in [-0.39, 0.29) is 55.7 Å². The fraction of sp³-hybridized carbons (Fsp3) is 0.552. The van der Waals surface area contributed by atoms with E-state index in [9.17, 15) is 18.3 Å². The predicted molar refractivity (Wildman–Crippen MR) is 154 cm³/mol. The minimum absolute atomic E-state index is 0.000183. The van der Waals surface area contributed by atoms with Crippen LogP contribution in [0.2, 0.25) is 0 Å². The van der Waals surface area contributed by atoms with Crippen molar-refractivity contribution in [1.82, 2.24) is 9.62 Å². The number of fused-ring (bicyclic) bond motifs is 1. The van der Waals surface area contributed by atoms with Crippen molar-refractivity contribution in [2.75, 3.05) is 38.6 Å². The van der Waals surface area contributed by atoms with E-state index in [1.54, 1.807) is 6.92 Å². The summed E-state index contributed by atoms with van der Waals surface area (Å²) in [4.78, 5) is 13.0. The smallest absolute Gasteiger partial charge is 0.407 e. The number of aliphatic hydroxyl groups is 2. The Morgan fingerprint density at radius 1 is 1.12 bits per heavy atom. The van der Waals surface area contributed by atoms with E-state index >= 15 is 0 Å². The highest BCUT2D eigenvalue weighted by molar-refractivity contribution is 7.89. The maximum Gasteiger partial charge on any atom is 0.407 e. The second-order valence-electron chi connectivity index (χ2n) is 10.6. The van der Waals surface area contributed by atoms with Crippen molar-refractivity contribution >= 4 is 21.8 Å². The Hall–Kier alpha value is -2.74. The van der Waals surface area contributed by atoms with E-state index in [0.717, 1.165) is 12.0 Å². The van der Waals surface area contributed by atoms with Crippen LogP contribution < -0.4 is 11.1 Å². The number of nitrogens with zero attached hydrogens (tertiary/aromatic N) is 1. The zero-order chi connectivity index (χ0) is 30.0. The van der Waals surface area contributed by atoms with Gasteiger partial charge >= 0.3 is 6.09 Å². The Morgan fingerprint density at radius 3 is 2.41 bits per heavy atom. The highest BCUT2D eigenvalue weighted by Crippen LogP contribution is 2.33. The van der Waals surface area contributed by atoms with Crippen molar-refractivity contribution in [3.63, 3.8) is 0 Å². The Morgan fingerprint density at radius 2 is 1.78 bits per heavy atom. The van der Waals surface area contributed by atoms with Crippen molar-refractivity contribution in [2.24, 2.45) is 11.8 Å². The zero-order valence-electron chi connectivity index (χ0n) is 23.9. The number of amides is 1. The molecule has 5 atom stereocenters. The number of benzene rings is 2. The van der Waals surface area contributed by atoms with Gasteiger partial charge in [-0.25, -0.2) is 13.2 Å². The van der Waals surface area contributed by atoms with Gasteiger partial charge in [-0.1, -0.05) is 44.2 Å². The number of hydrogen-bond acceptors (Lipinski definition) is 9. The number of nitrogens with two attached hydrogens (primary N) is 1. The van der Waals surface area contributed by atoms with Gasteiger partial charge in [-0.2, -0.15) is 4.31 Å². The van der Waals surface area contributed by atoms with E-state index < -0.39 is 34.4 Å². The van der Waals surface area contributed by atoms with Gasteiger partial charge in [-0.05, 0) is 55.5 Å². The molecule has 2 aromatic carbocycles. The Bertz CT molecular complexity index is 1180. The van der Waals surface area contributed by atoms with Crippen LogP contribution in [0.1, 0.15) is 32.8 Å².